The van der Waals surface area contributed by atoms with Crippen LogP contribution in [-0.4, -0.2) is 30.1 Å². The highest BCUT2D eigenvalue weighted by molar-refractivity contribution is 7.11. The molecule has 2 heterocycles. The fourth-order valence-electron chi connectivity index (χ4n) is 2.29. The Labute approximate surface area is 144 Å². The number of ether oxygens (including phenoxy) is 1. The normalized spacial score (nSPS) is 15.1. The maximum Gasteiger partial charge on any atom is 0.573 e. The average Bonchev–Trinajstić information content (AvgIpc) is 3.12. The number of likely N-dealkylation sites (N-methyl/N-ethyl adjacent to an activating group) is 1. The Kier molecular flexibility index (Phi) is 4.25. The number of anilines is 1. The first kappa shape index (κ1) is 17.0. The van der Waals surface area contributed by atoms with E-state index in [1.807, 2.05) is 0 Å². The summed E-state index contributed by atoms with van der Waals surface area (Å²) in [4.78, 5) is 26.2. The van der Waals surface area contributed by atoms with Gasteiger partial charge in [0.15, 0.2) is 0 Å². The number of nitrogens with one attached hydrogen (secondary N) is 1. The molecular weight excluding hydrogens is 357 g/mol. The summed E-state index contributed by atoms with van der Waals surface area (Å²) in [5.41, 5.74) is 0.674. The standard InChI is InChI=1S/C16H11F3N2O3S/c1-21-14(22)12(11-3-2-8-25-11)13(15(21)23)20-9-4-6-10(7-5-9)24-16(17,18)19/h2-8,20H,1H3. The van der Waals surface area contributed by atoms with Crippen LogP contribution in [0.25, 0.3) is 5.57 Å². The highest BCUT2D eigenvalue weighted by Gasteiger charge is 2.37. The molecule has 1 N–H and O–H groups in total. The number of rotatable bonds is 4. The minimum Gasteiger partial charge on any atom is -0.406 e. The third-order valence-electron chi connectivity index (χ3n) is 3.41. The molecule has 0 spiro atoms. The van der Waals surface area contributed by atoms with Crippen LogP contribution in [0.5, 0.6) is 5.75 Å². The van der Waals surface area contributed by atoms with Crippen LogP contribution in [0.15, 0.2) is 47.5 Å². The van der Waals surface area contributed by atoms with Gasteiger partial charge in [0.05, 0.1) is 5.57 Å². The van der Waals surface area contributed by atoms with Crippen LogP contribution in [-0.2, 0) is 9.59 Å². The number of halogens is 3. The lowest BCUT2D eigenvalue weighted by Gasteiger charge is -2.11. The topological polar surface area (TPSA) is 58.6 Å². The fourth-order valence-corrected chi connectivity index (χ4v) is 3.06. The lowest BCUT2D eigenvalue weighted by atomic mass is 10.2. The lowest BCUT2D eigenvalue weighted by Crippen LogP contribution is -2.27. The predicted molar refractivity (Wildman–Crippen MR) is 85.8 cm³/mol. The van der Waals surface area contributed by atoms with Crippen molar-refractivity contribution in [2.24, 2.45) is 0 Å². The summed E-state index contributed by atoms with van der Waals surface area (Å²) in [6.07, 6.45) is -4.78. The molecule has 0 radical (unpaired) electrons. The van der Waals surface area contributed by atoms with Crippen molar-refractivity contribution >= 4 is 34.4 Å². The molecule has 25 heavy (non-hydrogen) atoms. The van der Waals surface area contributed by atoms with E-state index in [1.165, 1.54) is 30.5 Å². The molecule has 0 atom stereocenters. The van der Waals surface area contributed by atoms with Crippen molar-refractivity contribution in [3.8, 4) is 5.75 Å². The predicted octanol–water partition coefficient (Wildman–Crippen LogP) is 3.47. The number of thiophene rings is 1. The molecule has 0 fully saturated rings. The maximum absolute atomic E-state index is 12.3. The van der Waals surface area contributed by atoms with E-state index in [1.54, 1.807) is 17.5 Å². The van der Waals surface area contributed by atoms with Crippen molar-refractivity contribution in [1.82, 2.24) is 4.90 Å². The summed E-state index contributed by atoms with van der Waals surface area (Å²) in [5.74, 6) is -1.33. The number of nitrogens with zero attached hydrogens (tertiary/aromatic N) is 1. The molecule has 1 aromatic heterocycles. The van der Waals surface area contributed by atoms with Gasteiger partial charge in [-0.1, -0.05) is 6.07 Å². The second-order valence-electron chi connectivity index (χ2n) is 5.09. The second-order valence-corrected chi connectivity index (χ2v) is 6.04. The van der Waals surface area contributed by atoms with E-state index in [-0.39, 0.29) is 17.0 Å². The van der Waals surface area contributed by atoms with Gasteiger partial charge in [-0.25, -0.2) is 0 Å². The van der Waals surface area contributed by atoms with Crippen molar-refractivity contribution in [3.05, 3.63) is 52.4 Å². The maximum atomic E-state index is 12.3. The van der Waals surface area contributed by atoms with Gasteiger partial charge in [-0.15, -0.1) is 24.5 Å². The molecule has 2 aromatic rings. The van der Waals surface area contributed by atoms with E-state index >= 15 is 0 Å². The number of carbonyl (C=O) groups is 2. The molecule has 5 nitrogen and oxygen atoms in total. The summed E-state index contributed by atoms with van der Waals surface area (Å²) in [7, 11) is 1.37. The van der Waals surface area contributed by atoms with Crippen molar-refractivity contribution in [1.29, 1.82) is 0 Å². The van der Waals surface area contributed by atoms with Gasteiger partial charge in [0.2, 0.25) is 0 Å². The summed E-state index contributed by atoms with van der Waals surface area (Å²) in [5, 5.41) is 4.59. The Morgan fingerprint density at radius 1 is 1.08 bits per heavy atom. The number of hydrogen-bond acceptors (Lipinski definition) is 5. The largest absolute Gasteiger partial charge is 0.573 e. The first-order chi connectivity index (χ1) is 11.8. The molecule has 0 saturated carbocycles. The fraction of sp³-hybridized carbons (Fsp3) is 0.125. The highest BCUT2D eigenvalue weighted by Crippen LogP contribution is 2.32. The van der Waals surface area contributed by atoms with E-state index in [4.69, 9.17) is 0 Å². The van der Waals surface area contributed by atoms with Crippen LogP contribution in [0.1, 0.15) is 4.88 Å². The number of hydrogen-bond donors (Lipinski definition) is 1. The number of benzene rings is 1. The van der Waals surface area contributed by atoms with Crippen molar-refractivity contribution in [3.63, 3.8) is 0 Å². The SMILES string of the molecule is CN1C(=O)C(Nc2ccc(OC(F)(F)F)cc2)=C(c2cccs2)C1=O. The zero-order chi connectivity index (χ0) is 18.2. The third kappa shape index (κ3) is 3.50. The van der Waals surface area contributed by atoms with Gasteiger partial charge in [-0.2, -0.15) is 0 Å². The smallest absolute Gasteiger partial charge is 0.406 e. The zero-order valence-electron chi connectivity index (χ0n) is 12.8. The van der Waals surface area contributed by atoms with Crippen molar-refractivity contribution < 1.29 is 27.5 Å². The summed E-state index contributed by atoms with van der Waals surface area (Å²) in [6, 6.07) is 8.36. The molecule has 0 unspecified atom stereocenters. The molecule has 0 aliphatic carbocycles. The summed E-state index contributed by atoms with van der Waals surface area (Å²) >= 11 is 1.31. The Balaban J connectivity index is 1.89. The molecular formula is C16H11F3N2O3S. The van der Waals surface area contributed by atoms with Crippen LogP contribution in [0.3, 0.4) is 0 Å². The summed E-state index contributed by atoms with van der Waals surface area (Å²) < 4.78 is 40.3. The van der Waals surface area contributed by atoms with Gasteiger partial charge < -0.3 is 10.1 Å². The minimum absolute atomic E-state index is 0.0828. The first-order valence-corrected chi connectivity index (χ1v) is 7.87. The van der Waals surface area contributed by atoms with Gasteiger partial charge in [0.25, 0.3) is 11.8 Å². The van der Waals surface area contributed by atoms with E-state index in [2.05, 4.69) is 10.1 Å². The highest BCUT2D eigenvalue weighted by atomic mass is 32.1. The molecule has 9 heteroatoms. The molecule has 1 aromatic carbocycles. The van der Waals surface area contributed by atoms with Gasteiger partial charge in [-0.05, 0) is 35.7 Å². The van der Waals surface area contributed by atoms with E-state index < -0.39 is 18.2 Å². The van der Waals surface area contributed by atoms with Crippen molar-refractivity contribution in [2.75, 3.05) is 12.4 Å². The van der Waals surface area contributed by atoms with E-state index in [9.17, 15) is 22.8 Å². The Hall–Kier alpha value is -2.81. The molecule has 1 aliphatic heterocycles. The summed E-state index contributed by atoms with van der Waals surface area (Å²) in [6.45, 7) is 0. The Morgan fingerprint density at radius 2 is 1.76 bits per heavy atom. The second kappa shape index (κ2) is 6.25. The number of imide groups is 1. The van der Waals surface area contributed by atoms with Crippen LogP contribution in [0.2, 0.25) is 0 Å². The van der Waals surface area contributed by atoms with Crippen molar-refractivity contribution in [2.45, 2.75) is 6.36 Å². The van der Waals surface area contributed by atoms with Crippen LogP contribution in [0, 0.1) is 0 Å². The monoisotopic (exact) mass is 368 g/mol. The molecule has 3 rings (SSSR count). The van der Waals surface area contributed by atoms with E-state index in [0.29, 0.717) is 10.6 Å². The van der Waals surface area contributed by atoms with E-state index in [0.717, 1.165) is 17.0 Å². The average molecular weight is 368 g/mol. The van der Waals surface area contributed by atoms with Crippen LogP contribution in [0.4, 0.5) is 18.9 Å². The quantitative estimate of drug-likeness (QED) is 0.840. The van der Waals surface area contributed by atoms with Gasteiger partial charge in [0.1, 0.15) is 11.4 Å². The molecule has 130 valence electrons. The van der Waals surface area contributed by atoms with Crippen LogP contribution < -0.4 is 10.1 Å². The molecule has 0 bridgehead atoms. The lowest BCUT2D eigenvalue weighted by molar-refractivity contribution is -0.274. The molecule has 1 aliphatic rings. The van der Waals surface area contributed by atoms with Gasteiger partial charge >= 0.3 is 6.36 Å². The third-order valence-corrected chi connectivity index (χ3v) is 4.30. The molecule has 2 amide bonds. The Bertz CT molecular complexity index is 843. The number of carbonyl (C=O) groups excluding carboxylic acids is 2. The Morgan fingerprint density at radius 3 is 2.32 bits per heavy atom. The van der Waals surface area contributed by atoms with Gasteiger partial charge in [-0.3, -0.25) is 14.5 Å². The first-order valence-electron chi connectivity index (χ1n) is 6.99. The van der Waals surface area contributed by atoms with Crippen LogP contribution >= 0.6 is 11.3 Å². The zero-order valence-corrected chi connectivity index (χ0v) is 13.6. The molecule has 0 saturated heterocycles. The number of alkyl halides is 3. The minimum atomic E-state index is -4.78. The van der Waals surface area contributed by atoms with Gasteiger partial charge in [0, 0.05) is 17.6 Å². The number of amides is 2.